The van der Waals surface area contributed by atoms with Crippen LogP contribution in [0.5, 0.6) is 0 Å². The SMILES string of the molecule is O=C(NC(c1ccccc1)C1CCC1)c1ccnc(C(=O)O)c1. The van der Waals surface area contributed by atoms with Gasteiger partial charge in [-0.3, -0.25) is 4.79 Å². The van der Waals surface area contributed by atoms with Gasteiger partial charge in [-0.2, -0.15) is 0 Å². The summed E-state index contributed by atoms with van der Waals surface area (Å²) in [4.78, 5) is 27.2. The van der Waals surface area contributed by atoms with Crippen LogP contribution in [0.3, 0.4) is 0 Å². The summed E-state index contributed by atoms with van der Waals surface area (Å²) in [6.07, 6.45) is 4.72. The molecular formula is C18H18N2O3. The lowest BCUT2D eigenvalue weighted by Crippen LogP contribution is -2.36. The fourth-order valence-corrected chi connectivity index (χ4v) is 2.82. The summed E-state index contributed by atoms with van der Waals surface area (Å²) in [5.41, 5.74) is 1.27. The van der Waals surface area contributed by atoms with Gasteiger partial charge in [0.05, 0.1) is 6.04 Å². The topological polar surface area (TPSA) is 79.3 Å². The Hall–Kier alpha value is -2.69. The first-order chi connectivity index (χ1) is 11.1. The molecule has 23 heavy (non-hydrogen) atoms. The molecule has 1 unspecified atom stereocenters. The molecule has 0 spiro atoms. The molecule has 5 nitrogen and oxygen atoms in total. The minimum atomic E-state index is -1.14. The number of benzene rings is 1. The third-order valence-electron chi connectivity index (χ3n) is 4.31. The highest BCUT2D eigenvalue weighted by molar-refractivity contribution is 5.96. The zero-order valence-corrected chi connectivity index (χ0v) is 12.6. The van der Waals surface area contributed by atoms with Crippen molar-refractivity contribution < 1.29 is 14.7 Å². The van der Waals surface area contributed by atoms with Gasteiger partial charge in [-0.15, -0.1) is 0 Å². The summed E-state index contributed by atoms with van der Waals surface area (Å²) < 4.78 is 0. The highest BCUT2D eigenvalue weighted by Gasteiger charge is 2.30. The summed E-state index contributed by atoms with van der Waals surface area (Å²) in [5, 5.41) is 12.1. The van der Waals surface area contributed by atoms with Gasteiger partial charge < -0.3 is 10.4 Å². The van der Waals surface area contributed by atoms with Gasteiger partial charge in [0.1, 0.15) is 5.69 Å². The molecule has 1 aliphatic rings. The van der Waals surface area contributed by atoms with Crippen LogP contribution in [-0.4, -0.2) is 22.0 Å². The Labute approximate surface area is 134 Å². The van der Waals surface area contributed by atoms with E-state index < -0.39 is 5.97 Å². The number of pyridine rings is 1. The standard InChI is InChI=1S/C18H18N2O3/c21-17(14-9-10-19-15(11-14)18(22)23)20-16(13-7-4-8-13)12-5-2-1-3-6-12/h1-3,5-6,9-11,13,16H,4,7-8H2,(H,20,21)(H,22,23). The minimum Gasteiger partial charge on any atom is -0.477 e. The zero-order valence-electron chi connectivity index (χ0n) is 12.6. The van der Waals surface area contributed by atoms with E-state index in [1.807, 2.05) is 30.3 Å². The largest absolute Gasteiger partial charge is 0.477 e. The molecule has 1 saturated carbocycles. The van der Waals surface area contributed by atoms with E-state index in [0.717, 1.165) is 18.4 Å². The van der Waals surface area contributed by atoms with Crippen LogP contribution in [0.15, 0.2) is 48.7 Å². The van der Waals surface area contributed by atoms with E-state index in [2.05, 4.69) is 10.3 Å². The average Bonchev–Trinajstić information content (AvgIpc) is 2.53. The van der Waals surface area contributed by atoms with Gasteiger partial charge in [0.15, 0.2) is 0 Å². The number of carbonyl (C=O) groups is 2. The second-order valence-corrected chi connectivity index (χ2v) is 5.79. The van der Waals surface area contributed by atoms with Gasteiger partial charge in [0.25, 0.3) is 5.91 Å². The van der Waals surface area contributed by atoms with Gasteiger partial charge in [-0.05, 0) is 36.5 Å². The van der Waals surface area contributed by atoms with E-state index in [-0.39, 0.29) is 17.6 Å². The maximum atomic E-state index is 12.5. The minimum absolute atomic E-state index is 0.0427. The lowest BCUT2D eigenvalue weighted by atomic mass is 9.77. The first kappa shape index (κ1) is 15.2. The highest BCUT2D eigenvalue weighted by Crippen LogP contribution is 2.37. The van der Waals surface area contributed by atoms with Crippen LogP contribution < -0.4 is 5.32 Å². The summed E-state index contributed by atoms with van der Waals surface area (Å²) in [6.45, 7) is 0. The molecule has 2 aromatic rings. The molecular weight excluding hydrogens is 292 g/mol. The molecule has 1 amide bonds. The van der Waals surface area contributed by atoms with Crippen molar-refractivity contribution in [1.82, 2.24) is 10.3 Å². The second kappa shape index (κ2) is 6.60. The Balaban J connectivity index is 1.81. The molecule has 1 aliphatic carbocycles. The van der Waals surface area contributed by atoms with Crippen LogP contribution in [0.25, 0.3) is 0 Å². The lowest BCUT2D eigenvalue weighted by molar-refractivity contribution is 0.0690. The van der Waals surface area contributed by atoms with Crippen molar-refractivity contribution in [2.75, 3.05) is 0 Å². The number of carbonyl (C=O) groups excluding carboxylic acids is 1. The van der Waals surface area contributed by atoms with Gasteiger partial charge in [-0.1, -0.05) is 36.8 Å². The molecule has 2 N–H and O–H groups in total. The normalized spacial score (nSPS) is 15.5. The number of nitrogens with zero attached hydrogens (tertiary/aromatic N) is 1. The summed E-state index contributed by atoms with van der Waals surface area (Å²) >= 11 is 0. The quantitative estimate of drug-likeness (QED) is 0.889. The number of rotatable bonds is 5. The maximum Gasteiger partial charge on any atom is 0.354 e. The number of nitrogens with one attached hydrogen (secondary N) is 1. The predicted octanol–water partition coefficient (Wildman–Crippen LogP) is 3.05. The van der Waals surface area contributed by atoms with Crippen LogP contribution in [0.1, 0.15) is 51.7 Å². The van der Waals surface area contributed by atoms with Crippen LogP contribution in [0, 0.1) is 5.92 Å². The number of carboxylic acid groups (broad SMARTS) is 1. The second-order valence-electron chi connectivity index (χ2n) is 5.79. The fraction of sp³-hybridized carbons (Fsp3) is 0.278. The number of carboxylic acids is 1. The third-order valence-corrected chi connectivity index (χ3v) is 4.31. The van der Waals surface area contributed by atoms with Gasteiger partial charge in [0.2, 0.25) is 0 Å². The molecule has 1 fully saturated rings. The van der Waals surface area contributed by atoms with E-state index in [9.17, 15) is 9.59 Å². The average molecular weight is 310 g/mol. The Morgan fingerprint density at radius 2 is 1.91 bits per heavy atom. The number of aromatic carboxylic acids is 1. The van der Waals surface area contributed by atoms with E-state index in [1.165, 1.54) is 24.8 Å². The monoisotopic (exact) mass is 310 g/mol. The summed E-state index contributed by atoms with van der Waals surface area (Å²) in [7, 11) is 0. The lowest BCUT2D eigenvalue weighted by Gasteiger charge is -2.34. The van der Waals surface area contributed by atoms with Gasteiger partial charge >= 0.3 is 5.97 Å². The van der Waals surface area contributed by atoms with Gasteiger partial charge in [-0.25, -0.2) is 9.78 Å². The third kappa shape index (κ3) is 3.39. The molecule has 0 saturated heterocycles. The number of hydrogen-bond donors (Lipinski definition) is 2. The molecule has 0 aliphatic heterocycles. The van der Waals surface area contributed by atoms with Crippen LogP contribution in [0.4, 0.5) is 0 Å². The highest BCUT2D eigenvalue weighted by atomic mass is 16.4. The van der Waals surface area contributed by atoms with E-state index >= 15 is 0 Å². The summed E-state index contributed by atoms with van der Waals surface area (Å²) in [6, 6.07) is 12.7. The van der Waals surface area contributed by atoms with Gasteiger partial charge in [0, 0.05) is 11.8 Å². The van der Waals surface area contributed by atoms with E-state index in [1.54, 1.807) is 0 Å². The summed E-state index contributed by atoms with van der Waals surface area (Å²) in [5.74, 6) is -0.976. The molecule has 1 atom stereocenters. The first-order valence-corrected chi connectivity index (χ1v) is 7.70. The first-order valence-electron chi connectivity index (χ1n) is 7.70. The van der Waals surface area contributed by atoms with E-state index in [4.69, 9.17) is 5.11 Å². The van der Waals surface area contributed by atoms with Crippen molar-refractivity contribution >= 4 is 11.9 Å². The predicted molar refractivity (Wildman–Crippen MR) is 85.2 cm³/mol. The zero-order chi connectivity index (χ0) is 16.2. The number of hydrogen-bond acceptors (Lipinski definition) is 3. The number of amides is 1. The molecule has 118 valence electrons. The Morgan fingerprint density at radius 1 is 1.17 bits per heavy atom. The molecule has 3 rings (SSSR count). The van der Waals surface area contributed by atoms with Crippen molar-refractivity contribution in [1.29, 1.82) is 0 Å². The van der Waals surface area contributed by atoms with Crippen molar-refractivity contribution in [2.45, 2.75) is 25.3 Å². The maximum absolute atomic E-state index is 12.5. The molecule has 5 heteroatoms. The molecule has 1 aromatic heterocycles. The molecule has 1 heterocycles. The Kier molecular flexibility index (Phi) is 4.37. The fourth-order valence-electron chi connectivity index (χ4n) is 2.82. The number of aromatic nitrogens is 1. The molecule has 0 radical (unpaired) electrons. The van der Waals surface area contributed by atoms with Crippen LogP contribution >= 0.6 is 0 Å². The molecule has 0 bridgehead atoms. The van der Waals surface area contributed by atoms with Crippen molar-refractivity contribution in [3.63, 3.8) is 0 Å². The van der Waals surface area contributed by atoms with Crippen LogP contribution in [0.2, 0.25) is 0 Å². The van der Waals surface area contributed by atoms with Crippen LogP contribution in [-0.2, 0) is 0 Å². The van der Waals surface area contributed by atoms with Crippen molar-refractivity contribution in [3.05, 3.63) is 65.5 Å². The smallest absolute Gasteiger partial charge is 0.354 e. The van der Waals surface area contributed by atoms with Crippen molar-refractivity contribution in [2.24, 2.45) is 5.92 Å². The van der Waals surface area contributed by atoms with Crippen molar-refractivity contribution in [3.8, 4) is 0 Å². The molecule has 1 aromatic carbocycles. The van der Waals surface area contributed by atoms with E-state index in [0.29, 0.717) is 11.5 Å². The Bertz CT molecular complexity index is 711. The Morgan fingerprint density at radius 3 is 2.52 bits per heavy atom.